The van der Waals surface area contributed by atoms with E-state index in [1.807, 2.05) is 31.2 Å². The van der Waals surface area contributed by atoms with Crippen molar-refractivity contribution in [1.82, 2.24) is 20.4 Å². The first-order valence-electron chi connectivity index (χ1n) is 9.11. The van der Waals surface area contributed by atoms with Gasteiger partial charge in [-0.15, -0.1) is 0 Å². The average molecular weight is 367 g/mol. The summed E-state index contributed by atoms with van der Waals surface area (Å²) in [7, 11) is 0. The first-order valence-corrected chi connectivity index (χ1v) is 9.11. The summed E-state index contributed by atoms with van der Waals surface area (Å²) in [5.41, 5.74) is 0.953. The number of rotatable bonds is 5. The SMILES string of the molecule is CCc1nc(C2(NC(=O)Nc3ccc(-c4ncco4)cc3)CCCC2)no1. The van der Waals surface area contributed by atoms with Crippen LogP contribution >= 0.6 is 0 Å². The maximum Gasteiger partial charge on any atom is 0.320 e. The molecule has 2 N–H and O–H groups in total. The molecular formula is C19H21N5O3. The van der Waals surface area contributed by atoms with E-state index in [9.17, 15) is 4.79 Å². The molecule has 8 nitrogen and oxygen atoms in total. The zero-order valence-electron chi connectivity index (χ0n) is 15.1. The maximum atomic E-state index is 12.6. The lowest BCUT2D eigenvalue weighted by Crippen LogP contribution is -2.46. The van der Waals surface area contributed by atoms with Gasteiger partial charge in [0.25, 0.3) is 0 Å². The summed E-state index contributed by atoms with van der Waals surface area (Å²) in [4.78, 5) is 21.2. The third-order valence-corrected chi connectivity index (χ3v) is 4.83. The predicted molar refractivity (Wildman–Crippen MR) is 97.9 cm³/mol. The van der Waals surface area contributed by atoms with Gasteiger partial charge in [-0.25, -0.2) is 9.78 Å². The van der Waals surface area contributed by atoms with Crippen molar-refractivity contribution in [3.05, 3.63) is 48.4 Å². The first-order chi connectivity index (χ1) is 13.2. The van der Waals surface area contributed by atoms with E-state index in [1.54, 1.807) is 6.20 Å². The van der Waals surface area contributed by atoms with E-state index in [1.165, 1.54) is 6.26 Å². The highest BCUT2D eigenvalue weighted by Gasteiger charge is 2.41. The summed E-state index contributed by atoms with van der Waals surface area (Å²) in [6.45, 7) is 1.96. The summed E-state index contributed by atoms with van der Waals surface area (Å²) in [6.07, 6.45) is 7.42. The van der Waals surface area contributed by atoms with Crippen molar-refractivity contribution in [2.75, 3.05) is 5.32 Å². The van der Waals surface area contributed by atoms with Crippen LogP contribution in [0.2, 0.25) is 0 Å². The molecule has 27 heavy (non-hydrogen) atoms. The number of nitrogens with zero attached hydrogens (tertiary/aromatic N) is 3. The largest absolute Gasteiger partial charge is 0.445 e. The molecule has 1 aliphatic rings. The highest BCUT2D eigenvalue weighted by atomic mass is 16.5. The minimum absolute atomic E-state index is 0.288. The van der Waals surface area contributed by atoms with Crippen molar-refractivity contribution >= 4 is 11.7 Å². The van der Waals surface area contributed by atoms with E-state index < -0.39 is 5.54 Å². The van der Waals surface area contributed by atoms with Gasteiger partial charge < -0.3 is 19.6 Å². The molecule has 0 spiro atoms. The molecule has 0 saturated heterocycles. The predicted octanol–water partition coefficient (Wildman–Crippen LogP) is 3.88. The molecule has 4 rings (SSSR count). The van der Waals surface area contributed by atoms with E-state index in [2.05, 4.69) is 25.8 Å². The minimum atomic E-state index is -0.570. The van der Waals surface area contributed by atoms with Crippen LogP contribution in [-0.2, 0) is 12.0 Å². The van der Waals surface area contributed by atoms with Crippen molar-refractivity contribution in [1.29, 1.82) is 0 Å². The number of oxazole rings is 1. The number of hydrogen-bond donors (Lipinski definition) is 2. The molecule has 2 aromatic heterocycles. The number of hydrogen-bond acceptors (Lipinski definition) is 6. The lowest BCUT2D eigenvalue weighted by molar-refractivity contribution is 0.232. The third kappa shape index (κ3) is 3.55. The second-order valence-corrected chi connectivity index (χ2v) is 6.65. The van der Waals surface area contributed by atoms with E-state index >= 15 is 0 Å². The molecule has 3 aromatic rings. The highest BCUT2D eigenvalue weighted by molar-refractivity contribution is 5.90. The molecule has 0 unspecified atom stereocenters. The Hall–Kier alpha value is -3.16. The van der Waals surface area contributed by atoms with Crippen molar-refractivity contribution in [2.45, 2.75) is 44.6 Å². The van der Waals surface area contributed by atoms with Crippen LogP contribution in [0, 0.1) is 0 Å². The van der Waals surface area contributed by atoms with Crippen LogP contribution in [0.5, 0.6) is 0 Å². The minimum Gasteiger partial charge on any atom is -0.445 e. The van der Waals surface area contributed by atoms with Crippen LogP contribution in [0.4, 0.5) is 10.5 Å². The molecule has 0 aliphatic heterocycles. The molecule has 8 heteroatoms. The number of carbonyl (C=O) groups is 1. The Labute approximate surface area is 156 Å². The van der Waals surface area contributed by atoms with Gasteiger partial charge in [0.15, 0.2) is 5.82 Å². The molecule has 2 amide bonds. The second-order valence-electron chi connectivity index (χ2n) is 6.65. The van der Waals surface area contributed by atoms with Crippen molar-refractivity contribution < 1.29 is 13.7 Å². The monoisotopic (exact) mass is 367 g/mol. The number of amides is 2. The summed E-state index contributed by atoms with van der Waals surface area (Å²) in [5, 5.41) is 10.0. The molecule has 0 radical (unpaired) electrons. The molecule has 1 fully saturated rings. The zero-order chi connectivity index (χ0) is 18.7. The summed E-state index contributed by atoms with van der Waals surface area (Å²) < 4.78 is 10.5. The number of urea groups is 1. The number of benzene rings is 1. The highest BCUT2D eigenvalue weighted by Crippen LogP contribution is 2.37. The van der Waals surface area contributed by atoms with Gasteiger partial charge in [-0.05, 0) is 37.1 Å². The number of aryl methyl sites for hydroxylation is 1. The van der Waals surface area contributed by atoms with Crippen LogP contribution in [0.3, 0.4) is 0 Å². The van der Waals surface area contributed by atoms with E-state index in [4.69, 9.17) is 8.94 Å². The Balaban J connectivity index is 1.46. The van der Waals surface area contributed by atoms with Gasteiger partial charge >= 0.3 is 6.03 Å². The van der Waals surface area contributed by atoms with Gasteiger partial charge in [0.2, 0.25) is 11.8 Å². The Bertz CT molecular complexity index is 896. The Kier molecular flexibility index (Phi) is 4.62. The summed E-state index contributed by atoms with van der Waals surface area (Å²) in [6, 6.07) is 7.02. The number of anilines is 1. The van der Waals surface area contributed by atoms with E-state index in [0.717, 1.165) is 31.2 Å². The summed E-state index contributed by atoms with van der Waals surface area (Å²) in [5.74, 6) is 1.69. The summed E-state index contributed by atoms with van der Waals surface area (Å²) >= 11 is 0. The van der Waals surface area contributed by atoms with Crippen molar-refractivity contribution in [3.8, 4) is 11.5 Å². The topological polar surface area (TPSA) is 106 Å². The smallest absolute Gasteiger partial charge is 0.320 e. The molecule has 140 valence electrons. The van der Waals surface area contributed by atoms with Crippen LogP contribution < -0.4 is 10.6 Å². The molecule has 1 saturated carbocycles. The Morgan fingerprint density at radius 3 is 2.63 bits per heavy atom. The van der Waals surface area contributed by atoms with Crippen LogP contribution in [0.15, 0.2) is 45.7 Å². The normalized spacial score (nSPS) is 15.6. The van der Waals surface area contributed by atoms with Crippen molar-refractivity contribution in [3.63, 3.8) is 0 Å². The number of carbonyl (C=O) groups excluding carboxylic acids is 1. The van der Waals surface area contributed by atoms with Crippen LogP contribution in [0.25, 0.3) is 11.5 Å². The zero-order valence-corrected chi connectivity index (χ0v) is 15.1. The Morgan fingerprint density at radius 2 is 2.00 bits per heavy atom. The molecule has 1 aliphatic carbocycles. The van der Waals surface area contributed by atoms with Gasteiger partial charge in [-0.1, -0.05) is 24.9 Å². The van der Waals surface area contributed by atoms with Crippen molar-refractivity contribution in [2.24, 2.45) is 0 Å². The maximum absolute atomic E-state index is 12.6. The lowest BCUT2D eigenvalue weighted by Gasteiger charge is -2.26. The van der Waals surface area contributed by atoms with Gasteiger partial charge in [0.1, 0.15) is 11.8 Å². The molecule has 0 bridgehead atoms. The first kappa shape index (κ1) is 17.3. The number of aromatic nitrogens is 3. The molecule has 1 aromatic carbocycles. The van der Waals surface area contributed by atoms with Crippen LogP contribution in [0.1, 0.15) is 44.3 Å². The number of nitrogens with one attached hydrogen (secondary N) is 2. The molecule has 0 atom stereocenters. The van der Waals surface area contributed by atoms with Gasteiger partial charge in [0, 0.05) is 17.7 Å². The fourth-order valence-electron chi connectivity index (χ4n) is 3.42. The quantitative estimate of drug-likeness (QED) is 0.709. The van der Waals surface area contributed by atoms with Gasteiger partial charge in [-0.3, -0.25) is 0 Å². The van der Waals surface area contributed by atoms with Crippen LogP contribution in [-0.4, -0.2) is 21.2 Å². The second kappa shape index (κ2) is 7.22. The third-order valence-electron chi connectivity index (χ3n) is 4.83. The lowest BCUT2D eigenvalue weighted by atomic mass is 9.97. The van der Waals surface area contributed by atoms with E-state index in [-0.39, 0.29) is 6.03 Å². The molecule has 2 heterocycles. The Morgan fingerprint density at radius 1 is 1.22 bits per heavy atom. The fraction of sp³-hybridized carbons (Fsp3) is 0.368. The fourth-order valence-corrected chi connectivity index (χ4v) is 3.42. The van der Waals surface area contributed by atoms with Gasteiger partial charge in [-0.2, -0.15) is 4.98 Å². The molecular weight excluding hydrogens is 346 g/mol. The van der Waals surface area contributed by atoms with E-state index in [0.29, 0.717) is 29.7 Å². The van der Waals surface area contributed by atoms with Gasteiger partial charge in [0.05, 0.1) is 6.20 Å². The average Bonchev–Trinajstić information content (AvgIpc) is 3.43. The standard InChI is InChI=1S/C19H21N5O3/c1-2-15-22-17(24-27-15)19(9-3-4-10-19)23-18(25)21-14-7-5-13(6-8-14)16-20-11-12-26-16/h5-8,11-12H,2-4,9-10H2,1H3,(H2,21,23,25).